The second-order valence-corrected chi connectivity index (χ2v) is 6.77. The molecule has 2 aromatic carbocycles. The van der Waals surface area contributed by atoms with Crippen molar-refractivity contribution >= 4 is 23.4 Å². The fourth-order valence-electron chi connectivity index (χ4n) is 2.23. The Morgan fingerprint density at radius 1 is 1.12 bits per heavy atom. The van der Waals surface area contributed by atoms with Gasteiger partial charge in [0.15, 0.2) is 11.5 Å². The largest absolute Gasteiger partial charge is 0.493 e. The zero-order valence-corrected chi connectivity index (χ0v) is 15.3. The van der Waals surface area contributed by atoms with Gasteiger partial charge in [0.25, 0.3) is 0 Å². The van der Waals surface area contributed by atoms with Crippen LogP contribution in [-0.4, -0.2) is 25.4 Å². The van der Waals surface area contributed by atoms with Crippen LogP contribution < -0.4 is 14.8 Å². The van der Waals surface area contributed by atoms with E-state index in [4.69, 9.17) is 9.47 Å². The Bertz CT molecular complexity index is 689. The van der Waals surface area contributed by atoms with Crippen LogP contribution in [0.4, 0.5) is 5.69 Å². The summed E-state index contributed by atoms with van der Waals surface area (Å²) < 4.78 is 10.7. The van der Waals surface area contributed by atoms with E-state index in [9.17, 15) is 4.79 Å². The van der Waals surface area contributed by atoms with E-state index in [1.807, 2.05) is 56.3 Å². The van der Waals surface area contributed by atoms with E-state index in [-0.39, 0.29) is 11.2 Å². The van der Waals surface area contributed by atoms with Gasteiger partial charge in [0.1, 0.15) is 0 Å². The molecule has 0 aromatic heterocycles. The highest BCUT2D eigenvalue weighted by atomic mass is 32.2. The van der Waals surface area contributed by atoms with Crippen molar-refractivity contribution in [1.29, 1.82) is 0 Å². The minimum atomic E-state index is -0.155. The number of thioether (sulfide) groups is 1. The van der Waals surface area contributed by atoms with Crippen molar-refractivity contribution in [3.05, 3.63) is 53.6 Å². The van der Waals surface area contributed by atoms with Crippen molar-refractivity contribution < 1.29 is 14.3 Å². The second kappa shape index (κ2) is 8.64. The Morgan fingerprint density at radius 2 is 1.75 bits per heavy atom. The second-order valence-electron chi connectivity index (χ2n) is 5.44. The van der Waals surface area contributed by atoms with Gasteiger partial charge in [-0.15, -0.1) is 11.8 Å². The Morgan fingerprint density at radius 3 is 2.38 bits per heavy atom. The van der Waals surface area contributed by atoms with Crippen molar-refractivity contribution in [2.24, 2.45) is 0 Å². The van der Waals surface area contributed by atoms with E-state index in [1.165, 1.54) is 0 Å². The number of amides is 1. The Hall–Kier alpha value is -2.14. The number of benzene rings is 2. The highest BCUT2D eigenvalue weighted by molar-refractivity contribution is 7.99. The molecule has 0 radical (unpaired) electrons. The first-order valence-electron chi connectivity index (χ1n) is 7.74. The SMILES string of the molecule is COc1cc(C)c(CSC(C)C(=O)Nc2ccccc2)cc1OC. The lowest BCUT2D eigenvalue weighted by Gasteiger charge is -2.15. The highest BCUT2D eigenvalue weighted by Crippen LogP contribution is 2.32. The number of rotatable bonds is 7. The number of nitrogens with one attached hydrogen (secondary N) is 1. The fourth-order valence-corrected chi connectivity index (χ4v) is 3.18. The summed E-state index contributed by atoms with van der Waals surface area (Å²) in [5.41, 5.74) is 3.07. The minimum absolute atomic E-state index is 0.00401. The minimum Gasteiger partial charge on any atom is -0.493 e. The molecule has 0 saturated heterocycles. The molecule has 0 aliphatic carbocycles. The molecular weight excluding hydrogens is 322 g/mol. The number of aryl methyl sites for hydroxylation is 1. The van der Waals surface area contributed by atoms with E-state index < -0.39 is 0 Å². The first kappa shape index (κ1) is 18.2. The van der Waals surface area contributed by atoms with Crippen LogP contribution in [0.25, 0.3) is 0 Å². The van der Waals surface area contributed by atoms with Gasteiger partial charge in [-0.3, -0.25) is 4.79 Å². The predicted octanol–water partition coefficient (Wildman–Crippen LogP) is 4.27. The molecule has 0 bridgehead atoms. The predicted molar refractivity (Wildman–Crippen MR) is 100 cm³/mol. The molecule has 5 heteroatoms. The van der Waals surface area contributed by atoms with Crippen molar-refractivity contribution in [2.45, 2.75) is 24.9 Å². The molecule has 4 nitrogen and oxygen atoms in total. The quantitative estimate of drug-likeness (QED) is 0.814. The summed E-state index contributed by atoms with van der Waals surface area (Å²) in [6, 6.07) is 13.4. The van der Waals surface area contributed by atoms with Crippen LogP contribution >= 0.6 is 11.8 Å². The lowest BCUT2D eigenvalue weighted by Crippen LogP contribution is -2.22. The van der Waals surface area contributed by atoms with Gasteiger partial charge in [-0.1, -0.05) is 18.2 Å². The van der Waals surface area contributed by atoms with Crippen LogP contribution in [0.3, 0.4) is 0 Å². The third kappa shape index (κ3) is 4.68. The molecule has 2 aromatic rings. The average molecular weight is 345 g/mol. The summed E-state index contributed by atoms with van der Waals surface area (Å²) >= 11 is 1.60. The van der Waals surface area contributed by atoms with Gasteiger partial charge in [-0.2, -0.15) is 0 Å². The van der Waals surface area contributed by atoms with Crippen molar-refractivity contribution in [3.63, 3.8) is 0 Å². The molecule has 1 unspecified atom stereocenters. The number of ether oxygens (including phenoxy) is 2. The lowest BCUT2D eigenvalue weighted by molar-refractivity contribution is -0.115. The third-order valence-electron chi connectivity index (χ3n) is 3.74. The van der Waals surface area contributed by atoms with E-state index >= 15 is 0 Å². The normalized spacial score (nSPS) is 11.7. The first-order chi connectivity index (χ1) is 11.5. The Kier molecular flexibility index (Phi) is 6.55. The summed E-state index contributed by atoms with van der Waals surface area (Å²) in [6.45, 7) is 3.95. The van der Waals surface area contributed by atoms with E-state index in [0.717, 1.165) is 28.3 Å². The van der Waals surface area contributed by atoms with Gasteiger partial charge in [-0.25, -0.2) is 0 Å². The topological polar surface area (TPSA) is 47.6 Å². The maximum atomic E-state index is 12.3. The number of methoxy groups -OCH3 is 2. The number of hydrogen-bond donors (Lipinski definition) is 1. The first-order valence-corrected chi connectivity index (χ1v) is 8.79. The van der Waals surface area contributed by atoms with Gasteiger partial charge < -0.3 is 14.8 Å². The van der Waals surface area contributed by atoms with Gasteiger partial charge in [-0.05, 0) is 49.2 Å². The van der Waals surface area contributed by atoms with Crippen LogP contribution in [0, 0.1) is 6.92 Å². The molecule has 0 spiro atoms. The molecule has 1 amide bonds. The number of carbonyl (C=O) groups is 1. The maximum Gasteiger partial charge on any atom is 0.237 e. The Balaban J connectivity index is 1.98. The molecule has 1 atom stereocenters. The molecule has 0 fully saturated rings. The molecule has 1 N–H and O–H groups in total. The summed E-state index contributed by atoms with van der Waals surface area (Å²) in [5, 5.41) is 2.77. The lowest BCUT2D eigenvalue weighted by atomic mass is 10.1. The highest BCUT2D eigenvalue weighted by Gasteiger charge is 2.15. The molecule has 128 valence electrons. The molecule has 0 aliphatic heterocycles. The summed E-state index contributed by atoms with van der Waals surface area (Å²) in [4.78, 5) is 12.3. The zero-order valence-electron chi connectivity index (χ0n) is 14.5. The molecule has 0 heterocycles. The van der Waals surface area contributed by atoms with E-state index in [0.29, 0.717) is 5.75 Å². The van der Waals surface area contributed by atoms with E-state index in [2.05, 4.69) is 5.32 Å². The third-order valence-corrected chi connectivity index (χ3v) is 4.93. The van der Waals surface area contributed by atoms with Crippen LogP contribution in [0.15, 0.2) is 42.5 Å². The van der Waals surface area contributed by atoms with Crippen LogP contribution in [0.1, 0.15) is 18.1 Å². The maximum absolute atomic E-state index is 12.3. The van der Waals surface area contributed by atoms with Crippen molar-refractivity contribution in [1.82, 2.24) is 0 Å². The summed E-state index contributed by atoms with van der Waals surface area (Å²) in [6.07, 6.45) is 0. The zero-order chi connectivity index (χ0) is 17.5. The summed E-state index contributed by atoms with van der Waals surface area (Å²) in [5.74, 6) is 2.17. The number of para-hydroxylation sites is 1. The smallest absolute Gasteiger partial charge is 0.237 e. The fraction of sp³-hybridized carbons (Fsp3) is 0.316. The summed E-state index contributed by atoms with van der Waals surface area (Å²) in [7, 11) is 3.25. The van der Waals surface area contributed by atoms with E-state index in [1.54, 1.807) is 26.0 Å². The van der Waals surface area contributed by atoms with Crippen molar-refractivity contribution in [3.8, 4) is 11.5 Å². The average Bonchev–Trinajstić information content (AvgIpc) is 2.60. The van der Waals surface area contributed by atoms with Gasteiger partial charge in [0.05, 0.1) is 19.5 Å². The molecule has 0 aliphatic rings. The monoisotopic (exact) mass is 345 g/mol. The number of carbonyl (C=O) groups excluding carboxylic acids is 1. The van der Waals surface area contributed by atoms with Crippen LogP contribution in [-0.2, 0) is 10.5 Å². The van der Waals surface area contributed by atoms with Crippen molar-refractivity contribution in [2.75, 3.05) is 19.5 Å². The molecule has 0 saturated carbocycles. The van der Waals surface area contributed by atoms with Gasteiger partial charge in [0.2, 0.25) is 5.91 Å². The molecule has 2 rings (SSSR count). The number of hydrogen-bond acceptors (Lipinski definition) is 4. The molecule has 24 heavy (non-hydrogen) atoms. The number of anilines is 1. The Labute approximate surface area is 147 Å². The molecular formula is C19H23NO3S. The standard InChI is InChI=1S/C19H23NO3S/c1-13-10-17(22-3)18(23-4)11-15(13)12-24-14(2)19(21)20-16-8-6-5-7-9-16/h5-11,14H,12H2,1-4H3,(H,20,21). The van der Waals surface area contributed by atoms with Crippen LogP contribution in [0.2, 0.25) is 0 Å². The van der Waals surface area contributed by atoms with Crippen LogP contribution in [0.5, 0.6) is 11.5 Å². The van der Waals surface area contributed by atoms with Gasteiger partial charge >= 0.3 is 0 Å². The van der Waals surface area contributed by atoms with Gasteiger partial charge in [0, 0.05) is 11.4 Å².